The Morgan fingerprint density at radius 2 is 1.21 bits per heavy atom. The van der Waals surface area contributed by atoms with Crippen molar-refractivity contribution in [2.75, 3.05) is 9.80 Å². The van der Waals surface area contributed by atoms with E-state index in [9.17, 15) is 0 Å². The number of anilines is 4. The second kappa shape index (κ2) is 16.2. The summed E-state index contributed by atoms with van der Waals surface area (Å²) in [6.07, 6.45) is 1.90. The average molecular weight is 1010 g/mol. The molecule has 6 aromatic carbocycles. The van der Waals surface area contributed by atoms with Crippen molar-refractivity contribution in [2.45, 2.75) is 99.3 Å². The Kier molecular flexibility index (Phi) is 11.3. The molecule has 0 saturated carbocycles. The van der Waals surface area contributed by atoms with Gasteiger partial charge >= 0.3 is 0 Å². The van der Waals surface area contributed by atoms with Gasteiger partial charge in [-0.2, -0.15) is 12.1 Å². The molecule has 0 radical (unpaired) electrons. The Labute approximate surface area is 389 Å². The minimum absolute atomic E-state index is 0. The molecule has 0 amide bonds. The molecule has 0 aliphatic carbocycles. The molecule has 0 N–H and O–H groups in total. The molecular weight excluding hydrogens is 952 g/mol. The van der Waals surface area contributed by atoms with Crippen molar-refractivity contribution in [1.29, 1.82) is 0 Å². The van der Waals surface area contributed by atoms with E-state index in [4.69, 9.17) is 9.72 Å². The molecule has 0 atom stereocenters. The summed E-state index contributed by atoms with van der Waals surface area (Å²) in [5, 5.41) is 2.24. The number of nitrogens with zero attached hydrogens (tertiary/aromatic N) is 4. The summed E-state index contributed by atoms with van der Waals surface area (Å²) in [7, 11) is 0. The molecule has 1 aliphatic heterocycles. The van der Waals surface area contributed by atoms with Crippen LogP contribution in [0, 0.1) is 39.6 Å². The largest absolute Gasteiger partial charge is 0.509 e. The predicted octanol–water partition coefficient (Wildman–Crippen LogP) is 15.5. The number of fused-ring (bicyclic) bond motifs is 4. The summed E-state index contributed by atoms with van der Waals surface area (Å²) in [4.78, 5) is 9.50. The Morgan fingerprint density at radius 3 is 1.86 bits per heavy atom. The van der Waals surface area contributed by atoms with Crippen molar-refractivity contribution >= 4 is 44.6 Å². The molecule has 0 saturated heterocycles. The van der Waals surface area contributed by atoms with Crippen LogP contribution < -0.4 is 14.5 Å². The number of rotatable bonds is 6. The third-order valence-corrected chi connectivity index (χ3v) is 12.2. The first-order valence-corrected chi connectivity index (χ1v) is 21.8. The number of benzene rings is 6. The number of hydrogen-bond acceptors (Lipinski definition) is 4. The third-order valence-electron chi connectivity index (χ3n) is 12.2. The van der Waals surface area contributed by atoms with E-state index in [1.54, 1.807) is 0 Å². The first kappa shape index (κ1) is 44.0. The van der Waals surface area contributed by atoms with E-state index in [0.717, 1.165) is 44.7 Å². The molecule has 3 heterocycles. The average Bonchev–Trinajstić information content (AvgIpc) is 3.75. The van der Waals surface area contributed by atoms with Gasteiger partial charge in [0, 0.05) is 61.3 Å². The molecule has 8 aromatic rings. The second-order valence-corrected chi connectivity index (χ2v) is 20.1. The SMILES string of the molecule is Cc1cc(C)c(-c2cc(C(C)(C)C)c(N3[CH-]N(c4[c-]c(Oc5[c-]c6c(cc5)c5ccccc5n6-c5cc(C(C)(C)C)ccn5)ccc4)c4ccccc43)c(C(C)(C)C)c2)c(C)c1.[Pt]. The first-order valence-electron chi connectivity index (χ1n) is 21.8. The number of hydrogen-bond donors (Lipinski definition) is 0. The molecule has 63 heavy (non-hydrogen) atoms. The number of para-hydroxylation sites is 3. The Balaban J connectivity index is 0.00000544. The quantitative estimate of drug-likeness (QED) is 0.155. The normalized spacial score (nSPS) is 13.1. The van der Waals surface area contributed by atoms with Gasteiger partial charge in [0.1, 0.15) is 5.82 Å². The maximum atomic E-state index is 6.66. The number of aryl methyl sites for hydroxylation is 3. The van der Waals surface area contributed by atoms with Gasteiger partial charge in [-0.3, -0.25) is 0 Å². The minimum Gasteiger partial charge on any atom is -0.509 e. The monoisotopic (exact) mass is 1010 g/mol. The van der Waals surface area contributed by atoms with Crippen molar-refractivity contribution in [1.82, 2.24) is 9.55 Å². The zero-order chi connectivity index (χ0) is 43.9. The van der Waals surface area contributed by atoms with Crippen LogP contribution in [0.1, 0.15) is 95.7 Å². The third kappa shape index (κ3) is 8.10. The molecule has 0 bridgehead atoms. The molecule has 5 nitrogen and oxygen atoms in total. The zero-order valence-corrected chi connectivity index (χ0v) is 40.9. The van der Waals surface area contributed by atoms with Crippen LogP contribution in [0.15, 0.2) is 121 Å². The van der Waals surface area contributed by atoms with Gasteiger partial charge < -0.3 is 19.1 Å². The van der Waals surface area contributed by atoms with Crippen LogP contribution >= 0.6 is 0 Å². The van der Waals surface area contributed by atoms with Crippen LogP contribution in [0.5, 0.6) is 11.5 Å². The van der Waals surface area contributed by atoms with Crippen LogP contribution in [0.25, 0.3) is 38.8 Å². The Bertz CT molecular complexity index is 2970. The molecule has 0 unspecified atom stereocenters. The fourth-order valence-corrected chi connectivity index (χ4v) is 9.23. The van der Waals surface area contributed by atoms with Crippen molar-refractivity contribution in [2.24, 2.45) is 0 Å². The summed E-state index contributed by atoms with van der Waals surface area (Å²) >= 11 is 0. The van der Waals surface area contributed by atoms with Crippen molar-refractivity contribution in [3.63, 3.8) is 0 Å². The number of pyridine rings is 1. The van der Waals surface area contributed by atoms with Crippen molar-refractivity contribution in [3.05, 3.63) is 174 Å². The van der Waals surface area contributed by atoms with Gasteiger partial charge in [-0.1, -0.05) is 116 Å². The maximum Gasteiger partial charge on any atom is 0.135 e. The van der Waals surface area contributed by atoms with Crippen LogP contribution in [0.4, 0.5) is 22.7 Å². The molecule has 0 fully saturated rings. The standard InChI is InChI=1S/C57H57N4O.Pt/c1-36-28-37(2)53(38(3)29-36)39-30-46(56(7,8)9)54(47(31-39)57(10,11)12)60-35-59(49-22-15-16-23-50(49)60)41-18-17-19-42(33-41)62-43-24-25-45-44-20-13-14-21-48(44)61(51(45)34-43)52-32-40(26-27-58-52)55(4,5)6;/h13-32,35H,1-12H3;/q-3;. The van der Waals surface area contributed by atoms with Gasteiger partial charge in [-0.25, -0.2) is 4.98 Å². The van der Waals surface area contributed by atoms with E-state index < -0.39 is 0 Å². The Hall–Kier alpha value is -5.64. The Morgan fingerprint density at radius 1 is 0.587 bits per heavy atom. The zero-order valence-electron chi connectivity index (χ0n) is 38.6. The van der Waals surface area contributed by atoms with E-state index in [1.165, 1.54) is 50.2 Å². The van der Waals surface area contributed by atoms with Gasteiger partial charge in [0.25, 0.3) is 0 Å². The van der Waals surface area contributed by atoms with E-state index >= 15 is 0 Å². The molecular formula is C57H57N4OPt-3. The summed E-state index contributed by atoms with van der Waals surface area (Å²) in [6, 6.07) is 48.4. The molecule has 6 heteroatoms. The van der Waals surface area contributed by atoms with E-state index in [2.05, 4.69) is 213 Å². The first-order chi connectivity index (χ1) is 29.4. The molecule has 2 aromatic heterocycles. The van der Waals surface area contributed by atoms with Crippen molar-refractivity contribution in [3.8, 4) is 28.4 Å². The van der Waals surface area contributed by atoms with Gasteiger partial charge in [-0.05, 0) is 124 Å². The van der Waals surface area contributed by atoms with Crippen LogP contribution in [0.3, 0.4) is 0 Å². The molecule has 9 rings (SSSR count). The number of aromatic nitrogens is 2. The summed E-state index contributed by atoms with van der Waals surface area (Å²) in [5.41, 5.74) is 16.3. The van der Waals surface area contributed by atoms with Gasteiger partial charge in [0.15, 0.2) is 0 Å². The maximum absolute atomic E-state index is 6.66. The van der Waals surface area contributed by atoms with Gasteiger partial charge in [-0.15, -0.1) is 48.1 Å². The second-order valence-electron chi connectivity index (χ2n) is 20.1. The topological polar surface area (TPSA) is 33.5 Å². The summed E-state index contributed by atoms with van der Waals surface area (Å²) < 4.78 is 8.86. The van der Waals surface area contributed by atoms with Crippen LogP contribution in [-0.2, 0) is 37.3 Å². The fraction of sp³-hybridized carbons (Fsp3) is 0.263. The summed E-state index contributed by atoms with van der Waals surface area (Å²) in [5.74, 6) is 2.08. The van der Waals surface area contributed by atoms with E-state index in [0.29, 0.717) is 11.5 Å². The van der Waals surface area contributed by atoms with Crippen LogP contribution in [0.2, 0.25) is 0 Å². The summed E-state index contributed by atoms with van der Waals surface area (Å²) in [6.45, 7) is 29.6. The van der Waals surface area contributed by atoms with E-state index in [-0.39, 0.29) is 37.3 Å². The van der Waals surface area contributed by atoms with Crippen molar-refractivity contribution < 1.29 is 25.8 Å². The molecule has 324 valence electrons. The fourth-order valence-electron chi connectivity index (χ4n) is 9.23. The molecule has 1 aliphatic rings. The van der Waals surface area contributed by atoms with E-state index in [1.807, 2.05) is 24.4 Å². The predicted molar refractivity (Wildman–Crippen MR) is 260 cm³/mol. The van der Waals surface area contributed by atoms with Gasteiger partial charge in [0.2, 0.25) is 0 Å². The van der Waals surface area contributed by atoms with Crippen LogP contribution in [-0.4, -0.2) is 9.55 Å². The van der Waals surface area contributed by atoms with Gasteiger partial charge in [0.05, 0.1) is 0 Å². The minimum atomic E-state index is -0.150. The molecule has 0 spiro atoms. The number of ether oxygens (including phenoxy) is 1. The smallest absolute Gasteiger partial charge is 0.135 e.